The molecule has 0 saturated heterocycles. The van der Waals surface area contributed by atoms with Gasteiger partial charge in [0.1, 0.15) is 18.8 Å². The maximum absolute atomic E-state index is 10.6. The second kappa shape index (κ2) is 7.50. The first-order valence-electron chi connectivity index (χ1n) is 9.64. The van der Waals surface area contributed by atoms with E-state index in [-0.39, 0.29) is 5.75 Å². The molecule has 2 heterocycles. The number of ether oxygens (including phenoxy) is 1. The molecule has 144 valence electrons. The van der Waals surface area contributed by atoms with Gasteiger partial charge in [-0.25, -0.2) is 9.97 Å². The number of rotatable bonds is 3. The topological polar surface area (TPSA) is 58.5 Å². The highest BCUT2D eigenvalue weighted by Crippen LogP contribution is 2.39. The molecule has 0 amide bonds. The summed E-state index contributed by atoms with van der Waals surface area (Å²) in [6.45, 7) is 8.14. The van der Waals surface area contributed by atoms with Crippen molar-refractivity contribution in [3.05, 3.63) is 65.6 Å². The molecule has 0 radical (unpaired) electrons. The quantitative estimate of drug-likeness (QED) is 0.720. The zero-order chi connectivity index (χ0) is 19.7. The predicted octanol–water partition coefficient (Wildman–Crippen LogP) is 4.68. The van der Waals surface area contributed by atoms with Gasteiger partial charge < -0.3 is 14.7 Å². The fourth-order valence-electron chi connectivity index (χ4n) is 3.60. The van der Waals surface area contributed by atoms with Crippen LogP contribution in [-0.2, 0) is 6.54 Å². The number of fused-ring (bicyclic) bond motifs is 1. The first kappa shape index (κ1) is 18.3. The smallest absolute Gasteiger partial charge is 0.166 e. The summed E-state index contributed by atoms with van der Waals surface area (Å²) in [5, 5.41) is 10.6. The molecule has 3 aromatic rings. The number of hydrogen-bond acceptors (Lipinski definition) is 5. The lowest BCUT2D eigenvalue weighted by Crippen LogP contribution is -2.26. The molecule has 0 bridgehead atoms. The Morgan fingerprint density at radius 3 is 2.71 bits per heavy atom. The Kier molecular flexibility index (Phi) is 4.90. The van der Waals surface area contributed by atoms with E-state index in [1.165, 1.54) is 5.56 Å². The molecule has 1 aliphatic heterocycles. The molecular formula is C23H25N3O2. The molecular weight excluding hydrogens is 350 g/mol. The third-order valence-corrected chi connectivity index (χ3v) is 5.16. The maximum Gasteiger partial charge on any atom is 0.166 e. The summed E-state index contributed by atoms with van der Waals surface area (Å²) >= 11 is 0. The van der Waals surface area contributed by atoms with Gasteiger partial charge in [0.05, 0.1) is 6.54 Å². The van der Waals surface area contributed by atoms with Gasteiger partial charge in [0.25, 0.3) is 0 Å². The number of phenols is 1. The minimum atomic E-state index is 0.183. The number of aromatic nitrogens is 2. The standard InChI is InChI=1S/C23H25N3O2/c1-15(2)20-12-22(25-14-24-20)26-8-9-28-23-18(13-26)10-17(11-21(23)27)19-7-5-4-6-16(19)3/h4-7,10-12,14-15,27H,8-9,13H2,1-3H3. The lowest BCUT2D eigenvalue weighted by Gasteiger charge is -2.22. The molecule has 4 rings (SSSR count). The van der Waals surface area contributed by atoms with E-state index in [4.69, 9.17) is 4.74 Å². The van der Waals surface area contributed by atoms with Gasteiger partial charge in [0, 0.05) is 23.9 Å². The summed E-state index contributed by atoms with van der Waals surface area (Å²) in [6, 6.07) is 14.1. The molecule has 1 N–H and O–H groups in total. The van der Waals surface area contributed by atoms with E-state index in [9.17, 15) is 5.11 Å². The van der Waals surface area contributed by atoms with Crippen LogP contribution in [-0.4, -0.2) is 28.2 Å². The fraction of sp³-hybridized carbons (Fsp3) is 0.304. The largest absolute Gasteiger partial charge is 0.504 e. The first-order chi connectivity index (χ1) is 13.5. The summed E-state index contributed by atoms with van der Waals surface area (Å²) in [5.41, 5.74) is 5.25. The van der Waals surface area contributed by atoms with Crippen molar-refractivity contribution in [2.75, 3.05) is 18.1 Å². The highest BCUT2D eigenvalue weighted by atomic mass is 16.5. The van der Waals surface area contributed by atoms with Crippen molar-refractivity contribution in [3.8, 4) is 22.6 Å². The highest BCUT2D eigenvalue weighted by molar-refractivity contribution is 5.72. The summed E-state index contributed by atoms with van der Waals surface area (Å²) < 4.78 is 5.89. The van der Waals surface area contributed by atoms with Gasteiger partial charge in [-0.15, -0.1) is 0 Å². The van der Waals surface area contributed by atoms with Crippen LogP contribution in [0.1, 0.15) is 36.6 Å². The third-order valence-electron chi connectivity index (χ3n) is 5.16. The van der Waals surface area contributed by atoms with Crippen LogP contribution in [0.25, 0.3) is 11.1 Å². The minimum Gasteiger partial charge on any atom is -0.504 e. The normalized spacial score (nSPS) is 13.8. The summed E-state index contributed by atoms with van der Waals surface area (Å²) in [4.78, 5) is 11.0. The van der Waals surface area contributed by atoms with Gasteiger partial charge in [-0.3, -0.25) is 0 Å². The molecule has 2 aromatic carbocycles. The third kappa shape index (κ3) is 3.52. The van der Waals surface area contributed by atoms with Gasteiger partial charge in [-0.2, -0.15) is 0 Å². The van der Waals surface area contributed by atoms with Crippen LogP contribution < -0.4 is 9.64 Å². The molecule has 0 saturated carbocycles. The number of aryl methyl sites for hydroxylation is 1. The Morgan fingerprint density at radius 1 is 1.11 bits per heavy atom. The number of phenolic OH excluding ortho intramolecular Hbond substituents is 1. The van der Waals surface area contributed by atoms with E-state index in [1.807, 2.05) is 18.2 Å². The monoisotopic (exact) mass is 375 g/mol. The van der Waals surface area contributed by atoms with Crippen molar-refractivity contribution in [2.45, 2.75) is 33.2 Å². The van der Waals surface area contributed by atoms with Crippen LogP contribution in [0.15, 0.2) is 48.8 Å². The van der Waals surface area contributed by atoms with E-state index in [0.717, 1.165) is 28.2 Å². The van der Waals surface area contributed by atoms with Crippen molar-refractivity contribution < 1.29 is 9.84 Å². The first-order valence-corrected chi connectivity index (χ1v) is 9.64. The van der Waals surface area contributed by atoms with Crippen LogP contribution in [0.3, 0.4) is 0 Å². The van der Waals surface area contributed by atoms with E-state index < -0.39 is 0 Å². The lowest BCUT2D eigenvalue weighted by molar-refractivity contribution is 0.311. The van der Waals surface area contributed by atoms with Crippen molar-refractivity contribution in [2.24, 2.45) is 0 Å². The average Bonchev–Trinajstić information content (AvgIpc) is 2.91. The minimum absolute atomic E-state index is 0.183. The SMILES string of the molecule is Cc1ccccc1-c1cc(O)c2c(c1)CN(c1cc(C(C)C)ncn1)CCO2. The highest BCUT2D eigenvalue weighted by Gasteiger charge is 2.21. The lowest BCUT2D eigenvalue weighted by atomic mass is 9.98. The van der Waals surface area contributed by atoms with Crippen molar-refractivity contribution in [3.63, 3.8) is 0 Å². The number of aromatic hydroxyl groups is 1. The predicted molar refractivity (Wildman–Crippen MR) is 111 cm³/mol. The van der Waals surface area contributed by atoms with Crippen molar-refractivity contribution in [1.82, 2.24) is 9.97 Å². The van der Waals surface area contributed by atoms with Crippen LogP contribution in [0.2, 0.25) is 0 Å². The van der Waals surface area contributed by atoms with Gasteiger partial charge in [0.15, 0.2) is 11.5 Å². The Bertz CT molecular complexity index is 1000. The fourth-order valence-corrected chi connectivity index (χ4v) is 3.60. The molecule has 0 unspecified atom stereocenters. The van der Waals surface area contributed by atoms with Gasteiger partial charge in [0.2, 0.25) is 0 Å². The van der Waals surface area contributed by atoms with Gasteiger partial charge in [-0.1, -0.05) is 38.1 Å². The van der Waals surface area contributed by atoms with Crippen LogP contribution >= 0.6 is 0 Å². The Balaban J connectivity index is 1.73. The van der Waals surface area contributed by atoms with E-state index >= 15 is 0 Å². The van der Waals surface area contributed by atoms with Gasteiger partial charge >= 0.3 is 0 Å². The second-order valence-corrected chi connectivity index (χ2v) is 7.52. The van der Waals surface area contributed by atoms with Crippen molar-refractivity contribution in [1.29, 1.82) is 0 Å². The Hall–Kier alpha value is -3.08. The molecule has 0 atom stereocenters. The summed E-state index contributed by atoms with van der Waals surface area (Å²) in [5.74, 6) is 1.98. The molecule has 0 spiro atoms. The van der Waals surface area contributed by atoms with E-state index in [1.54, 1.807) is 12.4 Å². The zero-order valence-electron chi connectivity index (χ0n) is 16.5. The molecule has 5 nitrogen and oxygen atoms in total. The van der Waals surface area contributed by atoms with Crippen molar-refractivity contribution >= 4 is 5.82 Å². The van der Waals surface area contributed by atoms with E-state index in [2.05, 4.69) is 53.8 Å². The maximum atomic E-state index is 10.6. The average molecular weight is 375 g/mol. The Morgan fingerprint density at radius 2 is 1.93 bits per heavy atom. The van der Waals surface area contributed by atoms with Crippen LogP contribution in [0, 0.1) is 6.92 Å². The molecule has 5 heteroatoms. The zero-order valence-corrected chi connectivity index (χ0v) is 16.5. The van der Waals surface area contributed by atoms with Crippen LogP contribution in [0.5, 0.6) is 11.5 Å². The second-order valence-electron chi connectivity index (χ2n) is 7.52. The number of hydrogen-bond donors (Lipinski definition) is 1. The van der Waals surface area contributed by atoms with E-state index in [0.29, 0.717) is 31.4 Å². The molecule has 1 aliphatic rings. The molecule has 28 heavy (non-hydrogen) atoms. The molecule has 0 fully saturated rings. The Labute approximate surface area is 165 Å². The summed E-state index contributed by atoms with van der Waals surface area (Å²) in [7, 11) is 0. The molecule has 0 aliphatic carbocycles. The molecule has 1 aromatic heterocycles. The van der Waals surface area contributed by atoms with Gasteiger partial charge in [-0.05, 0) is 41.7 Å². The summed E-state index contributed by atoms with van der Waals surface area (Å²) in [6.07, 6.45) is 1.62. The van der Waals surface area contributed by atoms with Crippen LogP contribution in [0.4, 0.5) is 5.82 Å². The number of benzene rings is 2. The number of nitrogens with zero attached hydrogens (tertiary/aromatic N) is 3. The number of anilines is 1.